The monoisotopic (exact) mass is 444 g/mol. The Balaban J connectivity index is 1.69. The van der Waals surface area contributed by atoms with Crippen molar-refractivity contribution in [2.75, 3.05) is 39.9 Å². The van der Waals surface area contributed by atoms with Crippen molar-refractivity contribution in [1.29, 1.82) is 0 Å². The van der Waals surface area contributed by atoms with Crippen LogP contribution in [0.1, 0.15) is 43.5 Å². The van der Waals surface area contributed by atoms with Crippen molar-refractivity contribution in [3.63, 3.8) is 0 Å². The van der Waals surface area contributed by atoms with Gasteiger partial charge in [-0.1, -0.05) is 6.07 Å². The normalized spacial score (nSPS) is 16.6. The second-order valence-electron chi connectivity index (χ2n) is 7.41. The molecule has 1 fully saturated rings. The molecule has 0 saturated carbocycles. The zero-order valence-corrected chi connectivity index (χ0v) is 18.4. The fourth-order valence-electron chi connectivity index (χ4n) is 3.74. The molecule has 0 radical (unpaired) electrons. The molecule has 164 valence electrons. The van der Waals surface area contributed by atoms with Gasteiger partial charge < -0.3 is 24.1 Å². The number of thiophene rings is 1. The van der Waals surface area contributed by atoms with Crippen molar-refractivity contribution in [1.82, 2.24) is 19.8 Å². The lowest BCUT2D eigenvalue weighted by Crippen LogP contribution is -2.42. The molecule has 1 aliphatic heterocycles. The number of carbonyl (C=O) groups excluding carboxylic acids is 2. The van der Waals surface area contributed by atoms with E-state index < -0.39 is 6.10 Å². The second-order valence-corrected chi connectivity index (χ2v) is 8.41. The lowest BCUT2D eigenvalue weighted by Gasteiger charge is -2.33. The summed E-state index contributed by atoms with van der Waals surface area (Å²) in [6.07, 6.45) is 1.20. The number of aliphatic hydroxyl groups excluding tert-OH is 1. The average molecular weight is 445 g/mol. The van der Waals surface area contributed by atoms with Crippen LogP contribution in [0.4, 0.5) is 0 Å². The fourth-order valence-corrected chi connectivity index (χ4v) is 4.93. The highest BCUT2D eigenvalue weighted by molar-refractivity contribution is 7.20. The highest BCUT2D eigenvalue weighted by Gasteiger charge is 2.34. The van der Waals surface area contributed by atoms with Crippen LogP contribution in [0.2, 0.25) is 0 Å². The number of nitrogens with zero attached hydrogens (tertiary/aromatic N) is 4. The third-order valence-electron chi connectivity index (χ3n) is 5.25. The largest absolute Gasteiger partial charge is 0.436 e. The van der Waals surface area contributed by atoms with E-state index in [1.54, 1.807) is 32.0 Å². The number of carbonyl (C=O) groups is 2. The van der Waals surface area contributed by atoms with Crippen LogP contribution in [0.3, 0.4) is 0 Å². The summed E-state index contributed by atoms with van der Waals surface area (Å²) in [5.74, 6) is 0.226. The molecular formula is C21H24N4O5S. The third kappa shape index (κ3) is 4.06. The zero-order valence-electron chi connectivity index (χ0n) is 17.6. The maximum atomic E-state index is 13.1. The summed E-state index contributed by atoms with van der Waals surface area (Å²) in [7, 11) is 1.65. The molecule has 0 aromatic carbocycles. The summed E-state index contributed by atoms with van der Waals surface area (Å²) in [5.41, 5.74) is 1.28. The predicted octanol–water partition coefficient (Wildman–Crippen LogP) is 2.18. The number of ether oxygens (including phenoxy) is 1. The first-order valence-corrected chi connectivity index (χ1v) is 10.8. The Bertz CT molecular complexity index is 1120. The lowest BCUT2D eigenvalue weighted by atomic mass is 10.0. The van der Waals surface area contributed by atoms with Gasteiger partial charge in [-0.2, -0.15) is 0 Å². The highest BCUT2D eigenvalue weighted by Crippen LogP contribution is 2.38. The van der Waals surface area contributed by atoms with Crippen LogP contribution in [-0.2, 0) is 4.74 Å². The van der Waals surface area contributed by atoms with Gasteiger partial charge in [0.05, 0.1) is 25.5 Å². The Hall–Kier alpha value is -2.82. The van der Waals surface area contributed by atoms with Gasteiger partial charge in [0.2, 0.25) is 5.76 Å². The number of likely N-dealkylation sites (N-methyl/N-ethyl adjacent to an activating group) is 1. The quantitative estimate of drug-likeness (QED) is 0.642. The minimum absolute atomic E-state index is 0.126. The summed E-state index contributed by atoms with van der Waals surface area (Å²) in [6, 6.07) is 3.72. The van der Waals surface area contributed by atoms with Crippen molar-refractivity contribution < 1.29 is 23.8 Å². The summed E-state index contributed by atoms with van der Waals surface area (Å²) in [5, 5.41) is 10.1. The smallest absolute Gasteiger partial charge is 0.291 e. The summed E-state index contributed by atoms with van der Waals surface area (Å²) in [4.78, 5) is 39.1. The first-order chi connectivity index (χ1) is 14.9. The Morgan fingerprint density at radius 3 is 2.90 bits per heavy atom. The van der Waals surface area contributed by atoms with Crippen LogP contribution in [0.5, 0.6) is 0 Å². The SMILES string of the molecule is Cc1nc(C)c(C(=O)N2CCO[C@@H](c3c(C(=O)N(C)CCO)sc4ncccc34)C2)o1. The first-order valence-electron chi connectivity index (χ1n) is 9.99. The average Bonchev–Trinajstić information content (AvgIpc) is 3.32. The molecule has 2 amide bonds. The molecule has 1 saturated heterocycles. The molecule has 10 heteroatoms. The van der Waals surface area contributed by atoms with Gasteiger partial charge in [0.15, 0.2) is 5.89 Å². The zero-order chi connectivity index (χ0) is 22.1. The molecule has 1 N–H and O–H groups in total. The van der Waals surface area contributed by atoms with Crippen LogP contribution in [0.25, 0.3) is 10.2 Å². The Morgan fingerprint density at radius 2 is 2.19 bits per heavy atom. The molecule has 1 aliphatic rings. The van der Waals surface area contributed by atoms with Crippen LogP contribution in [-0.4, -0.2) is 76.6 Å². The number of hydrogen-bond donors (Lipinski definition) is 1. The van der Waals surface area contributed by atoms with E-state index in [4.69, 9.17) is 9.15 Å². The standard InChI is InChI=1S/C21H24N4O5S/c1-12-17(30-13(2)23-12)20(27)25-8-10-29-15(11-25)16-14-5-4-6-22-19(14)31-18(16)21(28)24(3)7-9-26/h4-6,15,26H,7-11H2,1-3H3/t15-/m1/s1. The number of morpholine rings is 1. The van der Waals surface area contributed by atoms with Crippen molar-refractivity contribution in [2.24, 2.45) is 0 Å². The van der Waals surface area contributed by atoms with E-state index in [1.165, 1.54) is 16.2 Å². The van der Waals surface area contributed by atoms with Crippen molar-refractivity contribution >= 4 is 33.4 Å². The van der Waals surface area contributed by atoms with E-state index in [0.717, 1.165) is 15.8 Å². The van der Waals surface area contributed by atoms with Gasteiger partial charge in [0.1, 0.15) is 15.8 Å². The number of pyridine rings is 1. The fraction of sp³-hybridized carbons (Fsp3) is 0.429. The van der Waals surface area contributed by atoms with Gasteiger partial charge in [-0.05, 0) is 13.0 Å². The maximum Gasteiger partial charge on any atom is 0.291 e. The third-order valence-corrected chi connectivity index (χ3v) is 6.37. The number of hydrogen-bond acceptors (Lipinski definition) is 8. The molecule has 4 heterocycles. The minimum Gasteiger partial charge on any atom is -0.436 e. The Morgan fingerprint density at radius 1 is 1.39 bits per heavy atom. The molecular weight excluding hydrogens is 420 g/mol. The van der Waals surface area contributed by atoms with Crippen LogP contribution in [0.15, 0.2) is 22.7 Å². The summed E-state index contributed by atoms with van der Waals surface area (Å²) >= 11 is 1.30. The number of aryl methyl sites for hydroxylation is 2. The highest BCUT2D eigenvalue weighted by atomic mass is 32.1. The number of fused-ring (bicyclic) bond motifs is 1. The van der Waals surface area contributed by atoms with Crippen molar-refractivity contribution in [3.8, 4) is 0 Å². The van der Waals surface area contributed by atoms with Crippen LogP contribution in [0, 0.1) is 13.8 Å². The van der Waals surface area contributed by atoms with E-state index in [0.29, 0.717) is 29.6 Å². The van der Waals surface area contributed by atoms with Gasteiger partial charge in [-0.25, -0.2) is 9.97 Å². The Kier molecular flexibility index (Phi) is 6.03. The number of aromatic nitrogens is 2. The molecule has 3 aromatic rings. The molecule has 0 bridgehead atoms. The molecule has 4 rings (SSSR count). The van der Waals surface area contributed by atoms with Crippen molar-refractivity contribution in [3.05, 3.63) is 46.1 Å². The number of aliphatic hydroxyl groups is 1. The molecule has 0 spiro atoms. The molecule has 3 aromatic heterocycles. The van der Waals surface area contributed by atoms with E-state index in [2.05, 4.69) is 9.97 Å². The van der Waals surface area contributed by atoms with Crippen LogP contribution < -0.4 is 0 Å². The van der Waals surface area contributed by atoms with Gasteiger partial charge in [-0.15, -0.1) is 11.3 Å². The molecule has 0 aliphatic carbocycles. The molecule has 31 heavy (non-hydrogen) atoms. The summed E-state index contributed by atoms with van der Waals surface area (Å²) < 4.78 is 11.5. The number of amides is 2. The lowest BCUT2D eigenvalue weighted by molar-refractivity contribution is -0.0233. The second kappa shape index (κ2) is 8.74. The molecule has 1 atom stereocenters. The van der Waals surface area contributed by atoms with E-state index in [9.17, 15) is 14.7 Å². The number of oxazole rings is 1. The van der Waals surface area contributed by atoms with Gasteiger partial charge in [-0.3, -0.25) is 9.59 Å². The maximum absolute atomic E-state index is 13.1. The van der Waals surface area contributed by atoms with Crippen molar-refractivity contribution in [2.45, 2.75) is 20.0 Å². The van der Waals surface area contributed by atoms with Gasteiger partial charge in [0, 0.05) is 44.2 Å². The number of rotatable bonds is 5. The topological polar surface area (TPSA) is 109 Å². The predicted molar refractivity (Wildman–Crippen MR) is 114 cm³/mol. The summed E-state index contributed by atoms with van der Waals surface area (Å²) in [6.45, 7) is 4.58. The minimum atomic E-state index is -0.485. The van der Waals surface area contributed by atoms with E-state index in [-0.39, 0.29) is 37.3 Å². The Labute approximate surface area is 183 Å². The van der Waals surface area contributed by atoms with Gasteiger partial charge in [0.25, 0.3) is 11.8 Å². The van der Waals surface area contributed by atoms with E-state index in [1.807, 2.05) is 12.1 Å². The first kappa shape index (κ1) is 21.4. The molecule has 9 nitrogen and oxygen atoms in total. The van der Waals surface area contributed by atoms with E-state index >= 15 is 0 Å². The molecule has 0 unspecified atom stereocenters. The van der Waals surface area contributed by atoms with Crippen LogP contribution >= 0.6 is 11.3 Å². The van der Waals surface area contributed by atoms with Gasteiger partial charge >= 0.3 is 0 Å².